The van der Waals surface area contributed by atoms with Crippen molar-refractivity contribution in [1.82, 2.24) is 9.62 Å². The van der Waals surface area contributed by atoms with E-state index in [0.29, 0.717) is 30.3 Å². The van der Waals surface area contributed by atoms with Gasteiger partial charge in [0.25, 0.3) is 5.91 Å². The molecular formula is C21H26N2O6S. The van der Waals surface area contributed by atoms with Gasteiger partial charge in [-0.1, -0.05) is 0 Å². The SMILES string of the molecule is COc1ccc(OCCNS(=O)(=O)c2ccc(OC)c(C(=O)N3CCCC3)c2)cc1. The molecule has 1 N–H and O–H groups in total. The minimum Gasteiger partial charge on any atom is -0.497 e. The van der Waals surface area contributed by atoms with Crippen molar-refractivity contribution in [1.29, 1.82) is 0 Å². The van der Waals surface area contributed by atoms with E-state index in [1.807, 2.05) is 0 Å². The summed E-state index contributed by atoms with van der Waals surface area (Å²) in [7, 11) is -0.772. The van der Waals surface area contributed by atoms with E-state index >= 15 is 0 Å². The predicted molar refractivity (Wildman–Crippen MR) is 112 cm³/mol. The Morgan fingerprint density at radius 2 is 1.67 bits per heavy atom. The summed E-state index contributed by atoms with van der Waals surface area (Å²) in [6.07, 6.45) is 1.89. The minimum atomic E-state index is -3.81. The molecule has 0 atom stereocenters. The number of methoxy groups -OCH3 is 2. The van der Waals surface area contributed by atoms with Crippen molar-refractivity contribution in [2.75, 3.05) is 40.5 Å². The zero-order valence-electron chi connectivity index (χ0n) is 17.1. The molecule has 0 bridgehead atoms. The number of rotatable bonds is 9. The first-order chi connectivity index (χ1) is 14.4. The van der Waals surface area contributed by atoms with E-state index < -0.39 is 10.0 Å². The van der Waals surface area contributed by atoms with Crippen LogP contribution in [0.5, 0.6) is 17.2 Å². The van der Waals surface area contributed by atoms with Crippen LogP contribution in [-0.2, 0) is 10.0 Å². The Bertz CT molecular complexity index is 969. The van der Waals surface area contributed by atoms with Crippen molar-refractivity contribution in [3.63, 3.8) is 0 Å². The molecule has 1 aliphatic heterocycles. The Morgan fingerprint density at radius 3 is 2.30 bits per heavy atom. The van der Waals surface area contributed by atoms with Crippen LogP contribution in [-0.4, -0.2) is 59.7 Å². The number of hydrogen-bond acceptors (Lipinski definition) is 6. The van der Waals surface area contributed by atoms with Crippen molar-refractivity contribution in [2.45, 2.75) is 17.7 Å². The third-order valence-electron chi connectivity index (χ3n) is 4.83. The first kappa shape index (κ1) is 21.9. The zero-order valence-corrected chi connectivity index (χ0v) is 17.9. The van der Waals surface area contributed by atoms with E-state index in [2.05, 4.69) is 4.72 Å². The summed E-state index contributed by atoms with van der Waals surface area (Å²) in [5, 5.41) is 0. The quantitative estimate of drug-likeness (QED) is 0.609. The highest BCUT2D eigenvalue weighted by Crippen LogP contribution is 2.25. The van der Waals surface area contributed by atoms with Crippen LogP contribution in [0.25, 0.3) is 0 Å². The lowest BCUT2D eigenvalue weighted by molar-refractivity contribution is 0.0789. The third-order valence-corrected chi connectivity index (χ3v) is 6.29. The second kappa shape index (κ2) is 9.82. The van der Waals surface area contributed by atoms with Crippen molar-refractivity contribution in [3.05, 3.63) is 48.0 Å². The van der Waals surface area contributed by atoms with Crippen LogP contribution in [0, 0.1) is 0 Å². The molecule has 0 aliphatic carbocycles. The lowest BCUT2D eigenvalue weighted by Crippen LogP contribution is -2.30. The molecule has 0 spiro atoms. The van der Waals surface area contributed by atoms with E-state index in [-0.39, 0.29) is 29.5 Å². The molecular weight excluding hydrogens is 408 g/mol. The monoisotopic (exact) mass is 434 g/mol. The van der Waals surface area contributed by atoms with Gasteiger partial charge in [0.2, 0.25) is 10.0 Å². The maximum atomic E-state index is 12.8. The molecule has 1 fully saturated rings. The maximum absolute atomic E-state index is 12.8. The molecule has 8 nitrogen and oxygen atoms in total. The topological polar surface area (TPSA) is 94.2 Å². The largest absolute Gasteiger partial charge is 0.497 e. The summed E-state index contributed by atoms with van der Waals surface area (Å²) < 4.78 is 43.7. The fourth-order valence-corrected chi connectivity index (χ4v) is 4.25. The highest BCUT2D eigenvalue weighted by Gasteiger charge is 2.25. The maximum Gasteiger partial charge on any atom is 0.257 e. The number of likely N-dealkylation sites (tertiary alicyclic amines) is 1. The Morgan fingerprint density at radius 1 is 1.00 bits per heavy atom. The molecule has 1 amide bonds. The first-order valence-electron chi connectivity index (χ1n) is 9.68. The van der Waals surface area contributed by atoms with E-state index in [0.717, 1.165) is 12.8 Å². The Labute approximate surface area is 176 Å². The van der Waals surface area contributed by atoms with Crippen molar-refractivity contribution >= 4 is 15.9 Å². The summed E-state index contributed by atoms with van der Waals surface area (Å²) in [5.74, 6) is 1.46. The van der Waals surface area contributed by atoms with Crippen LogP contribution in [0.1, 0.15) is 23.2 Å². The highest BCUT2D eigenvalue weighted by molar-refractivity contribution is 7.89. The minimum absolute atomic E-state index is 0.00953. The molecule has 0 unspecified atom stereocenters. The number of carbonyl (C=O) groups excluding carboxylic acids is 1. The van der Waals surface area contributed by atoms with Crippen LogP contribution >= 0.6 is 0 Å². The van der Waals surface area contributed by atoms with E-state index in [1.54, 1.807) is 36.3 Å². The van der Waals surface area contributed by atoms with Gasteiger partial charge in [-0.15, -0.1) is 0 Å². The smallest absolute Gasteiger partial charge is 0.257 e. The Hall–Kier alpha value is -2.78. The summed E-state index contributed by atoms with van der Waals surface area (Å²) in [6, 6.07) is 11.3. The van der Waals surface area contributed by atoms with Crippen LogP contribution < -0.4 is 18.9 Å². The average molecular weight is 435 g/mol. The zero-order chi connectivity index (χ0) is 21.6. The molecule has 30 heavy (non-hydrogen) atoms. The highest BCUT2D eigenvalue weighted by atomic mass is 32.2. The number of sulfonamides is 1. The van der Waals surface area contributed by atoms with Crippen LogP contribution in [0.4, 0.5) is 0 Å². The standard InChI is InChI=1S/C21H26N2O6S/c1-27-16-5-7-17(8-6-16)29-14-11-22-30(25,26)18-9-10-20(28-2)19(15-18)21(24)23-12-3-4-13-23/h5-10,15,22H,3-4,11-14H2,1-2H3. The molecule has 162 valence electrons. The van der Waals surface area contributed by atoms with Gasteiger partial charge >= 0.3 is 0 Å². The number of carbonyl (C=O) groups is 1. The van der Waals surface area contributed by atoms with Gasteiger partial charge in [-0.05, 0) is 55.3 Å². The lowest BCUT2D eigenvalue weighted by Gasteiger charge is -2.18. The number of ether oxygens (including phenoxy) is 3. The fourth-order valence-electron chi connectivity index (χ4n) is 3.21. The van der Waals surface area contributed by atoms with Crippen LogP contribution in [0.3, 0.4) is 0 Å². The normalized spacial score (nSPS) is 13.9. The van der Waals surface area contributed by atoms with Crippen molar-refractivity contribution in [3.8, 4) is 17.2 Å². The van der Waals surface area contributed by atoms with Crippen LogP contribution in [0.2, 0.25) is 0 Å². The summed E-state index contributed by atoms with van der Waals surface area (Å²) in [4.78, 5) is 14.5. The van der Waals surface area contributed by atoms with Gasteiger partial charge in [-0.3, -0.25) is 4.79 Å². The van der Waals surface area contributed by atoms with Gasteiger partial charge in [-0.25, -0.2) is 13.1 Å². The number of benzene rings is 2. The summed E-state index contributed by atoms with van der Waals surface area (Å²) in [6.45, 7) is 1.57. The molecule has 9 heteroatoms. The molecule has 2 aromatic rings. The lowest BCUT2D eigenvalue weighted by atomic mass is 10.1. The van der Waals surface area contributed by atoms with Gasteiger partial charge < -0.3 is 19.1 Å². The van der Waals surface area contributed by atoms with E-state index in [4.69, 9.17) is 14.2 Å². The molecule has 1 saturated heterocycles. The first-order valence-corrected chi connectivity index (χ1v) is 11.2. The van der Waals surface area contributed by atoms with Gasteiger partial charge in [0, 0.05) is 19.6 Å². The van der Waals surface area contributed by atoms with Gasteiger partial charge in [0.15, 0.2) is 0 Å². The van der Waals surface area contributed by atoms with E-state index in [1.165, 1.54) is 25.3 Å². The second-order valence-corrected chi connectivity index (χ2v) is 8.55. The summed E-state index contributed by atoms with van der Waals surface area (Å²) in [5.41, 5.74) is 0.247. The molecule has 2 aromatic carbocycles. The van der Waals surface area contributed by atoms with Crippen molar-refractivity contribution in [2.24, 2.45) is 0 Å². The van der Waals surface area contributed by atoms with E-state index in [9.17, 15) is 13.2 Å². The van der Waals surface area contributed by atoms with Gasteiger partial charge in [-0.2, -0.15) is 0 Å². The number of nitrogens with zero attached hydrogens (tertiary/aromatic N) is 1. The molecule has 0 aromatic heterocycles. The summed E-state index contributed by atoms with van der Waals surface area (Å²) >= 11 is 0. The Kier molecular flexibility index (Phi) is 7.17. The predicted octanol–water partition coefficient (Wildman–Crippen LogP) is 2.30. The molecule has 0 radical (unpaired) electrons. The molecule has 1 heterocycles. The fraction of sp³-hybridized carbons (Fsp3) is 0.381. The molecule has 1 aliphatic rings. The number of hydrogen-bond donors (Lipinski definition) is 1. The van der Waals surface area contributed by atoms with Crippen LogP contribution in [0.15, 0.2) is 47.4 Å². The number of nitrogens with one attached hydrogen (secondary N) is 1. The molecule has 0 saturated carbocycles. The number of amides is 1. The second-order valence-electron chi connectivity index (χ2n) is 6.78. The average Bonchev–Trinajstić information content (AvgIpc) is 3.31. The Balaban J connectivity index is 1.64. The van der Waals surface area contributed by atoms with Crippen molar-refractivity contribution < 1.29 is 27.4 Å². The molecule has 3 rings (SSSR count). The van der Waals surface area contributed by atoms with Gasteiger partial charge in [0.1, 0.15) is 23.9 Å². The third kappa shape index (κ3) is 5.22. The van der Waals surface area contributed by atoms with Gasteiger partial charge in [0.05, 0.1) is 24.7 Å².